The van der Waals surface area contributed by atoms with Crippen LogP contribution in [0.5, 0.6) is 0 Å². The molecule has 0 aliphatic heterocycles. The molecule has 0 aliphatic rings. The Kier molecular flexibility index (Phi) is 4.30. The highest BCUT2D eigenvalue weighted by Gasteiger charge is 2.11. The Morgan fingerprint density at radius 2 is 2.33 bits per heavy atom. The number of nitrogens with zero attached hydrogens (tertiary/aromatic N) is 3. The number of hydrogen-bond donors (Lipinski definition) is 2. The molecule has 2 aromatic heterocycles. The van der Waals surface area contributed by atoms with E-state index in [0.717, 1.165) is 29.5 Å². The average Bonchev–Trinajstić information content (AvgIpc) is 2.86. The first-order chi connectivity index (χ1) is 8.78. The monoisotopic (exact) mass is 265 g/mol. The van der Waals surface area contributed by atoms with Crippen molar-refractivity contribution in [3.63, 3.8) is 0 Å². The van der Waals surface area contributed by atoms with Crippen molar-refractivity contribution in [2.24, 2.45) is 0 Å². The number of rotatable bonds is 6. The summed E-state index contributed by atoms with van der Waals surface area (Å²) in [5.41, 5.74) is 0.869. The maximum atomic E-state index is 4.55. The van der Waals surface area contributed by atoms with E-state index in [2.05, 4.69) is 33.8 Å². The SMILES string of the molecule is CCC(CSC)Nc1nc(NC)cn2ccnc12. The van der Waals surface area contributed by atoms with Crippen LogP contribution in [0.4, 0.5) is 11.6 Å². The molecule has 2 N–H and O–H groups in total. The zero-order chi connectivity index (χ0) is 13.0. The van der Waals surface area contributed by atoms with Gasteiger partial charge in [0.2, 0.25) is 0 Å². The molecule has 1 unspecified atom stereocenters. The van der Waals surface area contributed by atoms with Crippen LogP contribution < -0.4 is 10.6 Å². The van der Waals surface area contributed by atoms with Crippen LogP contribution in [-0.4, -0.2) is 39.5 Å². The van der Waals surface area contributed by atoms with Crippen LogP contribution >= 0.6 is 11.8 Å². The predicted molar refractivity (Wildman–Crippen MR) is 78.6 cm³/mol. The fourth-order valence-electron chi connectivity index (χ4n) is 1.81. The lowest BCUT2D eigenvalue weighted by Crippen LogP contribution is -2.22. The third-order valence-corrected chi connectivity index (χ3v) is 3.57. The summed E-state index contributed by atoms with van der Waals surface area (Å²) in [4.78, 5) is 8.89. The van der Waals surface area contributed by atoms with Crippen molar-refractivity contribution < 1.29 is 0 Å². The molecular formula is C12H19N5S. The maximum absolute atomic E-state index is 4.55. The minimum absolute atomic E-state index is 0.417. The first kappa shape index (κ1) is 13.0. The largest absolute Gasteiger partial charge is 0.372 e. The molecule has 2 heterocycles. The molecule has 6 heteroatoms. The van der Waals surface area contributed by atoms with Crippen LogP contribution in [0.2, 0.25) is 0 Å². The molecule has 1 atom stereocenters. The lowest BCUT2D eigenvalue weighted by molar-refractivity contribution is 0.770. The van der Waals surface area contributed by atoms with E-state index in [1.807, 2.05) is 35.6 Å². The number of nitrogens with one attached hydrogen (secondary N) is 2. The Labute approximate surface area is 111 Å². The van der Waals surface area contributed by atoms with Crippen molar-refractivity contribution in [1.82, 2.24) is 14.4 Å². The fraction of sp³-hybridized carbons (Fsp3) is 0.500. The van der Waals surface area contributed by atoms with E-state index < -0.39 is 0 Å². The fourth-order valence-corrected chi connectivity index (χ4v) is 2.53. The van der Waals surface area contributed by atoms with E-state index in [1.165, 1.54) is 0 Å². The Hall–Kier alpha value is -1.43. The number of anilines is 2. The van der Waals surface area contributed by atoms with E-state index in [-0.39, 0.29) is 0 Å². The molecule has 0 spiro atoms. The molecule has 0 aliphatic carbocycles. The predicted octanol–water partition coefficient (Wildman–Crippen LogP) is 2.32. The molecule has 0 radical (unpaired) electrons. The van der Waals surface area contributed by atoms with Gasteiger partial charge in [-0.2, -0.15) is 11.8 Å². The van der Waals surface area contributed by atoms with Crippen molar-refractivity contribution in [3.05, 3.63) is 18.6 Å². The lowest BCUT2D eigenvalue weighted by Gasteiger charge is -2.17. The molecule has 0 saturated carbocycles. The zero-order valence-electron chi connectivity index (χ0n) is 11.0. The summed E-state index contributed by atoms with van der Waals surface area (Å²) in [6, 6.07) is 0.417. The van der Waals surface area contributed by atoms with E-state index >= 15 is 0 Å². The number of hydrogen-bond acceptors (Lipinski definition) is 5. The maximum Gasteiger partial charge on any atom is 0.180 e. The summed E-state index contributed by atoms with van der Waals surface area (Å²) in [5, 5.41) is 6.55. The van der Waals surface area contributed by atoms with Crippen molar-refractivity contribution in [1.29, 1.82) is 0 Å². The summed E-state index contributed by atoms with van der Waals surface area (Å²) in [7, 11) is 1.87. The molecule has 18 heavy (non-hydrogen) atoms. The molecule has 2 aromatic rings. The van der Waals surface area contributed by atoms with Gasteiger partial charge in [-0.25, -0.2) is 9.97 Å². The summed E-state index contributed by atoms with van der Waals surface area (Å²) >= 11 is 1.84. The highest BCUT2D eigenvalue weighted by Crippen LogP contribution is 2.18. The van der Waals surface area contributed by atoms with E-state index in [0.29, 0.717) is 6.04 Å². The standard InChI is InChI=1S/C12H19N5S/c1-4-9(8-18-3)15-11-12-14-5-6-17(12)7-10(13-2)16-11/h5-7,9,13H,4,8H2,1-3H3,(H,15,16). The first-order valence-electron chi connectivity index (χ1n) is 6.05. The first-order valence-corrected chi connectivity index (χ1v) is 7.44. The molecule has 2 rings (SSSR count). The van der Waals surface area contributed by atoms with Gasteiger partial charge in [-0.15, -0.1) is 0 Å². The van der Waals surface area contributed by atoms with Gasteiger partial charge >= 0.3 is 0 Å². The molecule has 0 amide bonds. The Bertz CT molecular complexity index is 510. The summed E-state index contributed by atoms with van der Waals surface area (Å²) in [6.07, 6.45) is 8.84. The van der Waals surface area contributed by atoms with E-state index in [9.17, 15) is 0 Å². The second-order valence-electron chi connectivity index (χ2n) is 4.09. The van der Waals surface area contributed by atoms with Crippen LogP contribution in [0.25, 0.3) is 5.65 Å². The molecule has 0 saturated heterocycles. The van der Waals surface area contributed by atoms with Gasteiger partial charge in [-0.3, -0.25) is 0 Å². The highest BCUT2D eigenvalue weighted by molar-refractivity contribution is 7.98. The van der Waals surface area contributed by atoms with Crippen LogP contribution in [0.15, 0.2) is 18.6 Å². The normalized spacial score (nSPS) is 12.6. The van der Waals surface area contributed by atoms with Crippen LogP contribution in [0, 0.1) is 0 Å². The minimum atomic E-state index is 0.417. The quantitative estimate of drug-likeness (QED) is 0.839. The number of aromatic nitrogens is 3. The van der Waals surface area contributed by atoms with Crippen molar-refractivity contribution >= 4 is 29.0 Å². The average molecular weight is 265 g/mol. The zero-order valence-corrected chi connectivity index (χ0v) is 11.8. The molecule has 0 bridgehead atoms. The van der Waals surface area contributed by atoms with Gasteiger partial charge in [-0.1, -0.05) is 6.92 Å². The van der Waals surface area contributed by atoms with Crippen LogP contribution in [0.1, 0.15) is 13.3 Å². The van der Waals surface area contributed by atoms with Crippen molar-refractivity contribution in [2.75, 3.05) is 29.7 Å². The summed E-state index contributed by atoms with van der Waals surface area (Å²) < 4.78 is 1.98. The summed E-state index contributed by atoms with van der Waals surface area (Å²) in [5.74, 6) is 2.74. The van der Waals surface area contributed by atoms with E-state index in [4.69, 9.17) is 0 Å². The molecule has 5 nitrogen and oxygen atoms in total. The number of fused-ring (bicyclic) bond motifs is 1. The van der Waals surface area contributed by atoms with Gasteiger partial charge in [0.15, 0.2) is 11.5 Å². The third-order valence-electron chi connectivity index (χ3n) is 2.83. The van der Waals surface area contributed by atoms with Crippen LogP contribution in [-0.2, 0) is 0 Å². The topological polar surface area (TPSA) is 54.2 Å². The Morgan fingerprint density at radius 3 is 3.00 bits per heavy atom. The number of thioether (sulfide) groups is 1. The second kappa shape index (κ2) is 5.95. The highest BCUT2D eigenvalue weighted by atomic mass is 32.2. The van der Waals surface area contributed by atoms with Gasteiger partial charge in [0.1, 0.15) is 5.82 Å². The summed E-state index contributed by atoms with van der Waals surface area (Å²) in [6.45, 7) is 2.18. The Balaban J connectivity index is 2.32. The van der Waals surface area contributed by atoms with Crippen LogP contribution in [0.3, 0.4) is 0 Å². The van der Waals surface area contributed by atoms with Crippen molar-refractivity contribution in [2.45, 2.75) is 19.4 Å². The molecule has 0 fully saturated rings. The van der Waals surface area contributed by atoms with Gasteiger partial charge in [0.05, 0.1) is 6.20 Å². The molecular weight excluding hydrogens is 246 g/mol. The van der Waals surface area contributed by atoms with Crippen molar-refractivity contribution in [3.8, 4) is 0 Å². The van der Waals surface area contributed by atoms with Gasteiger partial charge in [-0.05, 0) is 12.7 Å². The van der Waals surface area contributed by atoms with E-state index in [1.54, 1.807) is 6.20 Å². The molecule has 0 aromatic carbocycles. The smallest absolute Gasteiger partial charge is 0.180 e. The third kappa shape index (κ3) is 2.69. The number of imidazole rings is 1. The lowest BCUT2D eigenvalue weighted by atomic mass is 10.2. The second-order valence-corrected chi connectivity index (χ2v) is 5.00. The van der Waals surface area contributed by atoms with Gasteiger partial charge < -0.3 is 15.0 Å². The molecule has 98 valence electrons. The van der Waals surface area contributed by atoms with Gasteiger partial charge in [0, 0.05) is 31.2 Å². The minimum Gasteiger partial charge on any atom is -0.372 e. The van der Waals surface area contributed by atoms with Gasteiger partial charge in [0.25, 0.3) is 0 Å². The Morgan fingerprint density at radius 1 is 1.50 bits per heavy atom.